The van der Waals surface area contributed by atoms with Gasteiger partial charge in [-0.2, -0.15) is 4.73 Å². The molecule has 0 bridgehead atoms. The molecule has 2 rings (SSSR count). The first-order valence-corrected chi connectivity index (χ1v) is 6.61. The van der Waals surface area contributed by atoms with E-state index in [1.807, 2.05) is 0 Å². The first-order chi connectivity index (χ1) is 9.43. The van der Waals surface area contributed by atoms with E-state index in [0.717, 1.165) is 16.7 Å². The summed E-state index contributed by atoms with van der Waals surface area (Å²) in [7, 11) is 4.90. The van der Waals surface area contributed by atoms with Gasteiger partial charge < -0.3 is 19.6 Å². The zero-order valence-corrected chi connectivity index (χ0v) is 12.3. The van der Waals surface area contributed by atoms with Crippen LogP contribution < -0.4 is 9.47 Å². The second kappa shape index (κ2) is 5.66. The SMILES string of the molecule is COC1CCc2c(c(OC(=O)N(C)C)cc(C)[n+]2[O-])C1. The maximum Gasteiger partial charge on any atom is 0.414 e. The van der Waals surface area contributed by atoms with Gasteiger partial charge in [-0.15, -0.1) is 0 Å². The molecule has 1 heterocycles. The summed E-state index contributed by atoms with van der Waals surface area (Å²) in [5, 5.41) is 12.1. The van der Waals surface area contributed by atoms with Crippen molar-refractivity contribution in [3.8, 4) is 5.75 Å². The highest BCUT2D eigenvalue weighted by atomic mass is 16.6. The minimum absolute atomic E-state index is 0.0574. The van der Waals surface area contributed by atoms with Gasteiger partial charge in [0.15, 0.2) is 11.4 Å². The standard InChI is InChI=1S/C14H20N2O4/c1-9-7-13(20-14(17)15(2)3)11-8-10(19-4)5-6-12(11)16(9)18/h7,10H,5-6,8H2,1-4H3. The zero-order valence-electron chi connectivity index (χ0n) is 12.3. The largest absolute Gasteiger partial charge is 0.618 e. The number of pyridine rings is 1. The smallest absolute Gasteiger partial charge is 0.414 e. The summed E-state index contributed by atoms with van der Waals surface area (Å²) in [5.41, 5.74) is 1.99. The average Bonchev–Trinajstić information content (AvgIpc) is 2.43. The molecule has 0 N–H and O–H groups in total. The summed E-state index contributed by atoms with van der Waals surface area (Å²) in [6, 6.07) is 1.62. The second-order valence-electron chi connectivity index (χ2n) is 5.23. The number of aromatic nitrogens is 1. The molecule has 1 aliphatic rings. The summed E-state index contributed by atoms with van der Waals surface area (Å²) in [6.45, 7) is 1.71. The summed E-state index contributed by atoms with van der Waals surface area (Å²) in [5.74, 6) is 0.463. The van der Waals surface area contributed by atoms with Crippen LogP contribution in [0.4, 0.5) is 4.79 Å². The number of carbonyl (C=O) groups is 1. The van der Waals surface area contributed by atoms with E-state index in [1.165, 1.54) is 4.90 Å². The molecule has 1 aromatic rings. The third-order valence-electron chi connectivity index (χ3n) is 3.58. The lowest BCUT2D eigenvalue weighted by Crippen LogP contribution is -2.40. The number of rotatable bonds is 2. The van der Waals surface area contributed by atoms with Crippen LogP contribution in [0.1, 0.15) is 23.4 Å². The van der Waals surface area contributed by atoms with E-state index in [9.17, 15) is 10.0 Å². The lowest BCUT2D eigenvalue weighted by atomic mass is 9.92. The number of aryl methyl sites for hydroxylation is 1. The van der Waals surface area contributed by atoms with Gasteiger partial charge in [-0.05, 0) is 6.42 Å². The highest BCUT2D eigenvalue weighted by Gasteiger charge is 2.30. The van der Waals surface area contributed by atoms with Crippen LogP contribution in [0, 0.1) is 12.1 Å². The Morgan fingerprint density at radius 3 is 2.80 bits per heavy atom. The number of hydrogen-bond donors (Lipinski definition) is 0. The third kappa shape index (κ3) is 2.70. The van der Waals surface area contributed by atoms with Gasteiger partial charge in [0.25, 0.3) is 0 Å². The van der Waals surface area contributed by atoms with E-state index < -0.39 is 6.09 Å². The molecule has 0 aromatic carbocycles. The lowest BCUT2D eigenvalue weighted by molar-refractivity contribution is -0.621. The molecular formula is C14H20N2O4. The van der Waals surface area contributed by atoms with Crippen molar-refractivity contribution in [2.45, 2.75) is 32.3 Å². The Kier molecular flexibility index (Phi) is 4.13. The maximum absolute atomic E-state index is 12.1. The molecule has 0 saturated heterocycles. The molecule has 110 valence electrons. The van der Waals surface area contributed by atoms with Gasteiger partial charge in [-0.25, -0.2) is 4.79 Å². The van der Waals surface area contributed by atoms with Gasteiger partial charge >= 0.3 is 6.09 Å². The van der Waals surface area contributed by atoms with Crippen LogP contribution in [0.3, 0.4) is 0 Å². The maximum atomic E-state index is 12.1. The molecule has 0 saturated carbocycles. The van der Waals surface area contributed by atoms with Crippen LogP contribution in [-0.2, 0) is 17.6 Å². The van der Waals surface area contributed by atoms with Crippen LogP contribution in [0.5, 0.6) is 5.75 Å². The quantitative estimate of drug-likeness (QED) is 0.603. The van der Waals surface area contributed by atoms with E-state index in [-0.39, 0.29) is 6.10 Å². The molecule has 1 atom stereocenters. The molecule has 1 aliphatic carbocycles. The average molecular weight is 280 g/mol. The number of fused-ring (bicyclic) bond motifs is 1. The lowest BCUT2D eigenvalue weighted by Gasteiger charge is -2.25. The minimum atomic E-state index is -0.449. The Balaban J connectivity index is 2.41. The summed E-state index contributed by atoms with van der Waals surface area (Å²) in [6.07, 6.45) is 1.63. The molecule has 1 amide bonds. The highest BCUT2D eigenvalue weighted by Crippen LogP contribution is 2.29. The molecule has 0 aliphatic heterocycles. The van der Waals surface area contributed by atoms with Crippen molar-refractivity contribution >= 4 is 6.09 Å². The Hall–Kier alpha value is -1.82. The van der Waals surface area contributed by atoms with E-state index in [1.54, 1.807) is 34.2 Å². The van der Waals surface area contributed by atoms with Gasteiger partial charge in [0, 0.05) is 47.0 Å². The Morgan fingerprint density at radius 1 is 1.50 bits per heavy atom. The fourth-order valence-corrected chi connectivity index (χ4v) is 2.39. The molecule has 0 fully saturated rings. The second-order valence-corrected chi connectivity index (χ2v) is 5.23. The fourth-order valence-electron chi connectivity index (χ4n) is 2.39. The predicted molar refractivity (Wildman–Crippen MR) is 72.7 cm³/mol. The number of carbonyl (C=O) groups excluding carboxylic acids is 1. The third-order valence-corrected chi connectivity index (χ3v) is 3.58. The van der Waals surface area contributed by atoms with Gasteiger partial charge in [0.05, 0.1) is 11.7 Å². The Morgan fingerprint density at radius 2 is 2.20 bits per heavy atom. The molecule has 6 nitrogen and oxygen atoms in total. The topological polar surface area (TPSA) is 65.7 Å². The van der Waals surface area contributed by atoms with Crippen LogP contribution in [0.15, 0.2) is 6.07 Å². The number of ether oxygens (including phenoxy) is 2. The molecule has 20 heavy (non-hydrogen) atoms. The van der Waals surface area contributed by atoms with Crippen molar-refractivity contribution in [3.05, 3.63) is 28.2 Å². The molecule has 0 spiro atoms. The zero-order chi connectivity index (χ0) is 14.9. The Bertz CT molecular complexity index is 528. The van der Waals surface area contributed by atoms with Crippen LogP contribution >= 0.6 is 0 Å². The Labute approximate surface area is 118 Å². The van der Waals surface area contributed by atoms with Crippen molar-refractivity contribution in [2.24, 2.45) is 0 Å². The monoisotopic (exact) mass is 280 g/mol. The van der Waals surface area contributed by atoms with Crippen LogP contribution in [0.25, 0.3) is 0 Å². The van der Waals surface area contributed by atoms with Crippen molar-refractivity contribution in [3.63, 3.8) is 0 Å². The molecule has 0 radical (unpaired) electrons. The van der Waals surface area contributed by atoms with E-state index in [2.05, 4.69) is 0 Å². The van der Waals surface area contributed by atoms with Crippen LogP contribution in [-0.4, -0.2) is 38.3 Å². The van der Waals surface area contributed by atoms with E-state index in [4.69, 9.17) is 9.47 Å². The van der Waals surface area contributed by atoms with Gasteiger partial charge in [-0.1, -0.05) is 0 Å². The van der Waals surface area contributed by atoms with Crippen molar-refractivity contribution in [1.29, 1.82) is 0 Å². The highest BCUT2D eigenvalue weighted by molar-refractivity contribution is 5.70. The van der Waals surface area contributed by atoms with E-state index >= 15 is 0 Å². The number of methoxy groups -OCH3 is 1. The van der Waals surface area contributed by atoms with E-state index in [0.29, 0.717) is 30.0 Å². The summed E-state index contributed by atoms with van der Waals surface area (Å²) >= 11 is 0. The van der Waals surface area contributed by atoms with Crippen LogP contribution in [0.2, 0.25) is 0 Å². The molecule has 6 heteroatoms. The van der Waals surface area contributed by atoms with Crippen molar-refractivity contribution in [2.75, 3.05) is 21.2 Å². The predicted octanol–water partition coefficient (Wildman–Crippen LogP) is 1.19. The normalized spacial score (nSPS) is 17.5. The van der Waals surface area contributed by atoms with Gasteiger partial charge in [0.2, 0.25) is 0 Å². The minimum Gasteiger partial charge on any atom is -0.618 e. The van der Waals surface area contributed by atoms with Gasteiger partial charge in [-0.3, -0.25) is 0 Å². The van der Waals surface area contributed by atoms with Gasteiger partial charge in [0.1, 0.15) is 5.75 Å². The summed E-state index contributed by atoms with van der Waals surface area (Å²) < 4.78 is 11.7. The number of amides is 1. The van der Waals surface area contributed by atoms with Crippen molar-refractivity contribution in [1.82, 2.24) is 4.90 Å². The fraction of sp³-hybridized carbons (Fsp3) is 0.571. The number of nitrogens with zero attached hydrogens (tertiary/aromatic N) is 2. The summed E-state index contributed by atoms with van der Waals surface area (Å²) in [4.78, 5) is 13.1. The molecule has 1 unspecified atom stereocenters. The first-order valence-electron chi connectivity index (χ1n) is 6.61. The number of hydrogen-bond acceptors (Lipinski definition) is 4. The molecule has 1 aromatic heterocycles. The molecular weight excluding hydrogens is 260 g/mol. The van der Waals surface area contributed by atoms with Crippen molar-refractivity contribution < 1.29 is 19.0 Å². The first kappa shape index (κ1) is 14.6.